The molecule has 0 saturated heterocycles. The average Bonchev–Trinajstić information content (AvgIpc) is 2.28. The number of aliphatic hydroxyl groups is 1. The van der Waals surface area contributed by atoms with Crippen LogP contribution in [0, 0.1) is 0 Å². The van der Waals surface area contributed by atoms with Gasteiger partial charge in [0.05, 0.1) is 6.10 Å². The number of hydrogen-bond acceptors (Lipinski definition) is 2. The fourth-order valence-corrected chi connectivity index (χ4v) is 1.74. The summed E-state index contributed by atoms with van der Waals surface area (Å²) in [6.07, 6.45) is 0.539. The van der Waals surface area contributed by atoms with Gasteiger partial charge < -0.3 is 5.11 Å². The Morgan fingerprint density at radius 2 is 1.88 bits per heavy atom. The summed E-state index contributed by atoms with van der Waals surface area (Å²) in [5.74, 6) is 0. The second-order valence-corrected chi connectivity index (χ2v) is 4.67. The van der Waals surface area contributed by atoms with Crippen LogP contribution in [0.2, 0.25) is 5.02 Å². The molecule has 1 N–H and O–H groups in total. The zero-order valence-corrected chi connectivity index (χ0v) is 10.9. The Morgan fingerprint density at radius 3 is 2.38 bits per heavy atom. The first kappa shape index (κ1) is 13.5. The van der Waals surface area contributed by atoms with E-state index in [2.05, 4.69) is 11.8 Å². The number of benzene rings is 1. The first-order chi connectivity index (χ1) is 7.54. The van der Waals surface area contributed by atoms with E-state index < -0.39 is 0 Å². The van der Waals surface area contributed by atoms with E-state index in [9.17, 15) is 5.11 Å². The Bertz CT molecular complexity index is 312. The van der Waals surface area contributed by atoms with E-state index in [-0.39, 0.29) is 6.10 Å². The van der Waals surface area contributed by atoms with Gasteiger partial charge >= 0.3 is 0 Å². The van der Waals surface area contributed by atoms with Gasteiger partial charge in [0.1, 0.15) is 0 Å². The predicted octanol–water partition coefficient (Wildman–Crippen LogP) is 3.10. The van der Waals surface area contributed by atoms with Crippen LogP contribution in [0.5, 0.6) is 0 Å². The van der Waals surface area contributed by atoms with Gasteiger partial charge in [-0.05, 0) is 38.1 Å². The van der Waals surface area contributed by atoms with Gasteiger partial charge in [0.2, 0.25) is 0 Å². The lowest BCUT2D eigenvalue weighted by molar-refractivity contribution is 0.105. The molecule has 1 aromatic rings. The highest BCUT2D eigenvalue weighted by atomic mass is 35.5. The minimum Gasteiger partial charge on any atom is -0.392 e. The highest BCUT2D eigenvalue weighted by Gasteiger charge is 2.14. The van der Waals surface area contributed by atoms with Gasteiger partial charge in [0.25, 0.3) is 0 Å². The molecule has 0 heterocycles. The van der Waals surface area contributed by atoms with Crippen molar-refractivity contribution >= 4 is 11.6 Å². The zero-order valence-electron chi connectivity index (χ0n) is 10.2. The van der Waals surface area contributed by atoms with Crippen LogP contribution in [0.3, 0.4) is 0 Å². The molecular formula is C13H20ClNO. The molecule has 2 atom stereocenters. The van der Waals surface area contributed by atoms with Crippen molar-refractivity contribution in [2.24, 2.45) is 0 Å². The van der Waals surface area contributed by atoms with Crippen LogP contribution >= 0.6 is 11.6 Å². The summed E-state index contributed by atoms with van der Waals surface area (Å²) < 4.78 is 0. The van der Waals surface area contributed by atoms with E-state index in [1.54, 1.807) is 0 Å². The van der Waals surface area contributed by atoms with Crippen molar-refractivity contribution in [1.29, 1.82) is 0 Å². The van der Waals surface area contributed by atoms with E-state index in [4.69, 9.17) is 11.6 Å². The molecule has 0 aliphatic heterocycles. The summed E-state index contributed by atoms with van der Waals surface area (Å²) in [5, 5.41) is 10.4. The van der Waals surface area contributed by atoms with Crippen LogP contribution in [0.1, 0.15) is 31.9 Å². The quantitative estimate of drug-likeness (QED) is 0.856. The molecule has 3 heteroatoms. The summed E-state index contributed by atoms with van der Waals surface area (Å²) in [6.45, 7) is 4.82. The molecule has 0 aromatic heterocycles. The summed E-state index contributed by atoms with van der Waals surface area (Å²) in [7, 11) is 2.03. The first-order valence-corrected chi connectivity index (χ1v) is 6.06. The fraction of sp³-hybridized carbons (Fsp3) is 0.538. The van der Waals surface area contributed by atoms with E-state index in [1.807, 2.05) is 38.2 Å². The molecule has 90 valence electrons. The minimum atomic E-state index is -0.250. The van der Waals surface area contributed by atoms with Crippen LogP contribution in [-0.2, 0) is 0 Å². The molecule has 0 fully saturated rings. The number of nitrogens with zero attached hydrogens (tertiary/aromatic N) is 1. The Labute approximate surface area is 103 Å². The van der Waals surface area contributed by atoms with E-state index >= 15 is 0 Å². The van der Waals surface area contributed by atoms with Crippen molar-refractivity contribution in [1.82, 2.24) is 4.90 Å². The standard InChI is InChI=1S/C13H20ClNO/c1-4-13(16)9-15(3)10(2)11-5-7-12(14)8-6-11/h5-8,10,13,16H,4,9H2,1-3H3/t10?,13-/m1/s1. The smallest absolute Gasteiger partial charge is 0.0664 e. The fourth-order valence-electron chi connectivity index (χ4n) is 1.62. The molecule has 0 saturated carbocycles. The molecule has 1 rings (SSSR count). The van der Waals surface area contributed by atoms with E-state index in [1.165, 1.54) is 5.56 Å². The molecule has 0 aliphatic rings. The van der Waals surface area contributed by atoms with Crippen molar-refractivity contribution in [3.05, 3.63) is 34.9 Å². The van der Waals surface area contributed by atoms with Crippen LogP contribution in [0.4, 0.5) is 0 Å². The molecule has 2 nitrogen and oxygen atoms in total. The number of hydrogen-bond donors (Lipinski definition) is 1. The molecule has 1 unspecified atom stereocenters. The largest absolute Gasteiger partial charge is 0.392 e. The van der Waals surface area contributed by atoms with E-state index in [0.29, 0.717) is 12.6 Å². The lowest BCUT2D eigenvalue weighted by Gasteiger charge is -2.27. The topological polar surface area (TPSA) is 23.5 Å². The normalized spacial score (nSPS) is 15.1. The predicted molar refractivity (Wildman–Crippen MR) is 68.8 cm³/mol. The second-order valence-electron chi connectivity index (χ2n) is 4.23. The molecular weight excluding hydrogens is 222 g/mol. The third-order valence-corrected chi connectivity index (χ3v) is 3.24. The maximum atomic E-state index is 9.61. The average molecular weight is 242 g/mol. The number of likely N-dealkylation sites (N-methyl/N-ethyl adjacent to an activating group) is 1. The second kappa shape index (κ2) is 6.24. The third kappa shape index (κ3) is 3.78. The molecule has 0 bridgehead atoms. The van der Waals surface area contributed by atoms with Gasteiger partial charge in [0, 0.05) is 17.6 Å². The summed E-state index contributed by atoms with van der Waals surface area (Å²) in [5.41, 5.74) is 1.22. The number of aliphatic hydroxyl groups excluding tert-OH is 1. The maximum absolute atomic E-state index is 9.61. The first-order valence-electron chi connectivity index (χ1n) is 5.68. The summed E-state index contributed by atoms with van der Waals surface area (Å²) >= 11 is 5.85. The van der Waals surface area contributed by atoms with Gasteiger partial charge in [-0.1, -0.05) is 30.7 Å². The molecule has 0 aliphatic carbocycles. The van der Waals surface area contributed by atoms with Crippen molar-refractivity contribution in [3.8, 4) is 0 Å². The zero-order chi connectivity index (χ0) is 12.1. The SMILES string of the molecule is CC[C@@H](O)CN(C)C(C)c1ccc(Cl)cc1. The van der Waals surface area contributed by atoms with Gasteiger partial charge in [-0.2, -0.15) is 0 Å². The van der Waals surface area contributed by atoms with E-state index in [0.717, 1.165) is 11.4 Å². The Kier molecular flexibility index (Phi) is 5.26. The number of rotatable bonds is 5. The highest BCUT2D eigenvalue weighted by Crippen LogP contribution is 2.20. The van der Waals surface area contributed by atoms with Gasteiger partial charge in [-0.25, -0.2) is 0 Å². The maximum Gasteiger partial charge on any atom is 0.0664 e. The summed E-state index contributed by atoms with van der Waals surface area (Å²) in [6, 6.07) is 8.15. The Balaban J connectivity index is 2.62. The molecule has 1 aromatic carbocycles. The molecule has 0 spiro atoms. The van der Waals surface area contributed by atoms with Crippen LogP contribution in [-0.4, -0.2) is 29.7 Å². The van der Waals surface area contributed by atoms with Crippen molar-refractivity contribution < 1.29 is 5.11 Å². The van der Waals surface area contributed by atoms with Crippen LogP contribution in [0.15, 0.2) is 24.3 Å². The Hall–Kier alpha value is -0.570. The number of halogens is 1. The van der Waals surface area contributed by atoms with Crippen molar-refractivity contribution in [3.63, 3.8) is 0 Å². The third-order valence-electron chi connectivity index (χ3n) is 2.98. The monoisotopic (exact) mass is 241 g/mol. The lowest BCUT2D eigenvalue weighted by Crippen LogP contribution is -2.30. The van der Waals surface area contributed by atoms with Crippen LogP contribution < -0.4 is 0 Å². The van der Waals surface area contributed by atoms with Crippen LogP contribution in [0.25, 0.3) is 0 Å². The van der Waals surface area contributed by atoms with Crippen molar-refractivity contribution in [2.45, 2.75) is 32.4 Å². The summed E-state index contributed by atoms with van der Waals surface area (Å²) in [4.78, 5) is 2.15. The minimum absolute atomic E-state index is 0.250. The molecule has 16 heavy (non-hydrogen) atoms. The van der Waals surface area contributed by atoms with Gasteiger partial charge in [-0.3, -0.25) is 4.90 Å². The highest BCUT2D eigenvalue weighted by molar-refractivity contribution is 6.30. The van der Waals surface area contributed by atoms with Gasteiger partial charge in [-0.15, -0.1) is 0 Å². The lowest BCUT2D eigenvalue weighted by atomic mass is 10.1. The van der Waals surface area contributed by atoms with Gasteiger partial charge in [0.15, 0.2) is 0 Å². The molecule has 0 amide bonds. The Morgan fingerprint density at radius 1 is 1.31 bits per heavy atom. The molecule has 0 radical (unpaired) electrons. The van der Waals surface area contributed by atoms with Crippen molar-refractivity contribution in [2.75, 3.05) is 13.6 Å².